The van der Waals surface area contributed by atoms with E-state index in [1.165, 1.54) is 0 Å². The Kier molecular flexibility index (Phi) is 4.09. The number of hydrogen-bond acceptors (Lipinski definition) is 3. The average Bonchev–Trinajstić information content (AvgIpc) is 2.17. The third-order valence-electron chi connectivity index (χ3n) is 2.16. The van der Waals surface area contributed by atoms with E-state index in [1.807, 2.05) is 20.8 Å². The number of carbonyl (C=O) groups is 1. The summed E-state index contributed by atoms with van der Waals surface area (Å²) in [6, 6.07) is 4.87. The van der Waals surface area contributed by atoms with E-state index in [0.717, 1.165) is 0 Å². The number of aromatic nitrogens is 1. The van der Waals surface area contributed by atoms with Crippen LogP contribution >= 0.6 is 11.6 Å². The van der Waals surface area contributed by atoms with Gasteiger partial charge in [-0.25, -0.2) is 9.78 Å². The van der Waals surface area contributed by atoms with Gasteiger partial charge in [0.25, 0.3) is 0 Å². The summed E-state index contributed by atoms with van der Waals surface area (Å²) in [6.07, 6.45) is -0.127. The van der Waals surface area contributed by atoms with E-state index in [-0.39, 0.29) is 17.7 Å². The molecule has 1 aromatic heterocycles. The van der Waals surface area contributed by atoms with Crippen molar-refractivity contribution < 1.29 is 9.53 Å². The maximum Gasteiger partial charge on any atom is 0.357 e. The zero-order chi connectivity index (χ0) is 11.4. The van der Waals surface area contributed by atoms with Gasteiger partial charge >= 0.3 is 5.97 Å². The minimum absolute atomic E-state index is 0.127. The van der Waals surface area contributed by atoms with Gasteiger partial charge in [-0.15, -0.1) is 0 Å². The SMILES string of the molecule is CC(C)C(C)OC(=O)c1cccc(Cl)n1. The number of esters is 1. The van der Waals surface area contributed by atoms with Crippen molar-refractivity contribution in [3.05, 3.63) is 29.0 Å². The van der Waals surface area contributed by atoms with E-state index in [0.29, 0.717) is 5.15 Å². The van der Waals surface area contributed by atoms with Crippen LogP contribution in [0.25, 0.3) is 0 Å². The van der Waals surface area contributed by atoms with Crippen LogP contribution in [0, 0.1) is 5.92 Å². The van der Waals surface area contributed by atoms with Crippen molar-refractivity contribution in [1.82, 2.24) is 4.98 Å². The Labute approximate surface area is 94.4 Å². The predicted molar refractivity (Wildman–Crippen MR) is 59.0 cm³/mol. The van der Waals surface area contributed by atoms with E-state index < -0.39 is 5.97 Å². The highest BCUT2D eigenvalue weighted by Crippen LogP contribution is 2.10. The molecule has 0 aliphatic heterocycles. The van der Waals surface area contributed by atoms with Gasteiger partial charge in [0, 0.05) is 0 Å². The number of rotatable bonds is 3. The minimum atomic E-state index is -0.432. The van der Waals surface area contributed by atoms with Crippen molar-refractivity contribution in [3.8, 4) is 0 Å². The lowest BCUT2D eigenvalue weighted by atomic mass is 10.1. The normalized spacial score (nSPS) is 12.6. The second-order valence-corrected chi connectivity index (χ2v) is 4.09. The fourth-order valence-electron chi connectivity index (χ4n) is 0.887. The molecule has 3 nitrogen and oxygen atoms in total. The van der Waals surface area contributed by atoms with E-state index in [1.54, 1.807) is 18.2 Å². The Morgan fingerprint density at radius 2 is 2.07 bits per heavy atom. The van der Waals surface area contributed by atoms with Gasteiger partial charge in [0.05, 0.1) is 0 Å². The van der Waals surface area contributed by atoms with Crippen LogP contribution in [0.5, 0.6) is 0 Å². The molecule has 0 spiro atoms. The van der Waals surface area contributed by atoms with Gasteiger partial charge in [-0.2, -0.15) is 0 Å². The highest BCUT2D eigenvalue weighted by Gasteiger charge is 2.15. The molecule has 82 valence electrons. The quantitative estimate of drug-likeness (QED) is 0.589. The smallest absolute Gasteiger partial charge is 0.357 e. The molecule has 0 N–H and O–H groups in total. The summed E-state index contributed by atoms with van der Waals surface area (Å²) in [7, 11) is 0. The number of hydrogen-bond donors (Lipinski definition) is 0. The molecule has 1 heterocycles. The Balaban J connectivity index is 2.69. The van der Waals surface area contributed by atoms with E-state index >= 15 is 0 Å². The zero-order valence-corrected chi connectivity index (χ0v) is 9.78. The third-order valence-corrected chi connectivity index (χ3v) is 2.37. The molecule has 0 saturated heterocycles. The maximum absolute atomic E-state index is 11.6. The zero-order valence-electron chi connectivity index (χ0n) is 9.03. The lowest BCUT2D eigenvalue weighted by molar-refractivity contribution is 0.0231. The monoisotopic (exact) mass is 227 g/mol. The van der Waals surface area contributed by atoms with Crippen LogP contribution in [-0.2, 0) is 4.74 Å². The highest BCUT2D eigenvalue weighted by molar-refractivity contribution is 6.29. The molecular formula is C11H14ClNO2. The summed E-state index contributed by atoms with van der Waals surface area (Å²) in [5, 5.41) is 0.293. The van der Waals surface area contributed by atoms with E-state index in [2.05, 4.69) is 4.98 Å². The predicted octanol–water partition coefficient (Wildman–Crippen LogP) is 2.94. The van der Waals surface area contributed by atoms with Gasteiger partial charge in [-0.1, -0.05) is 31.5 Å². The number of halogens is 1. The lowest BCUT2D eigenvalue weighted by Crippen LogP contribution is -2.20. The molecule has 0 radical (unpaired) electrons. The molecule has 0 aromatic carbocycles. The molecule has 1 unspecified atom stereocenters. The molecule has 1 atom stereocenters. The number of carbonyl (C=O) groups excluding carboxylic acids is 1. The largest absolute Gasteiger partial charge is 0.458 e. The van der Waals surface area contributed by atoms with Crippen molar-refractivity contribution in [3.63, 3.8) is 0 Å². The second-order valence-electron chi connectivity index (χ2n) is 3.70. The molecule has 0 aliphatic carbocycles. The van der Waals surface area contributed by atoms with Gasteiger partial charge in [-0.05, 0) is 25.0 Å². The first-order chi connectivity index (χ1) is 7.00. The van der Waals surface area contributed by atoms with Crippen molar-refractivity contribution in [2.24, 2.45) is 5.92 Å². The van der Waals surface area contributed by atoms with E-state index in [9.17, 15) is 4.79 Å². The maximum atomic E-state index is 11.6. The van der Waals surface area contributed by atoms with Gasteiger partial charge in [0.1, 0.15) is 17.0 Å². The second kappa shape index (κ2) is 5.12. The fourth-order valence-corrected chi connectivity index (χ4v) is 1.05. The summed E-state index contributed by atoms with van der Waals surface area (Å²) < 4.78 is 5.19. The molecule has 0 bridgehead atoms. The first kappa shape index (κ1) is 12.0. The van der Waals surface area contributed by atoms with Crippen molar-refractivity contribution in [2.75, 3.05) is 0 Å². The van der Waals surface area contributed by atoms with Crippen LogP contribution < -0.4 is 0 Å². The molecule has 0 fully saturated rings. The summed E-state index contributed by atoms with van der Waals surface area (Å²) >= 11 is 5.67. The van der Waals surface area contributed by atoms with Crippen molar-refractivity contribution >= 4 is 17.6 Å². The minimum Gasteiger partial charge on any atom is -0.458 e. The van der Waals surface area contributed by atoms with Gasteiger partial charge in [0.15, 0.2) is 0 Å². The third kappa shape index (κ3) is 3.51. The number of ether oxygens (including phenoxy) is 1. The molecule has 4 heteroatoms. The molecule has 0 aliphatic rings. The first-order valence-corrected chi connectivity index (χ1v) is 5.22. The van der Waals surface area contributed by atoms with Crippen LogP contribution in [0.4, 0.5) is 0 Å². The van der Waals surface area contributed by atoms with Crippen molar-refractivity contribution in [1.29, 1.82) is 0 Å². The number of nitrogens with zero attached hydrogens (tertiary/aromatic N) is 1. The molecule has 0 amide bonds. The Bertz CT molecular complexity index is 352. The molecule has 15 heavy (non-hydrogen) atoms. The summed E-state index contributed by atoms with van der Waals surface area (Å²) in [5.74, 6) is -0.146. The van der Waals surface area contributed by atoms with Gasteiger partial charge in [-0.3, -0.25) is 0 Å². The molecular weight excluding hydrogens is 214 g/mol. The Morgan fingerprint density at radius 3 is 2.60 bits per heavy atom. The van der Waals surface area contributed by atoms with Crippen LogP contribution in [-0.4, -0.2) is 17.1 Å². The summed E-state index contributed by atoms with van der Waals surface area (Å²) in [4.78, 5) is 15.4. The average molecular weight is 228 g/mol. The lowest BCUT2D eigenvalue weighted by Gasteiger charge is -2.16. The van der Waals surface area contributed by atoms with Gasteiger partial charge in [0.2, 0.25) is 0 Å². The Morgan fingerprint density at radius 1 is 1.40 bits per heavy atom. The topological polar surface area (TPSA) is 39.2 Å². The van der Waals surface area contributed by atoms with Gasteiger partial charge < -0.3 is 4.74 Å². The summed E-state index contributed by atoms with van der Waals surface area (Å²) in [6.45, 7) is 5.83. The number of pyridine rings is 1. The van der Waals surface area contributed by atoms with Crippen LogP contribution in [0.15, 0.2) is 18.2 Å². The highest BCUT2D eigenvalue weighted by atomic mass is 35.5. The molecule has 1 aromatic rings. The fraction of sp³-hybridized carbons (Fsp3) is 0.455. The van der Waals surface area contributed by atoms with Crippen molar-refractivity contribution in [2.45, 2.75) is 26.9 Å². The standard InChI is InChI=1S/C11H14ClNO2/c1-7(2)8(3)15-11(14)9-5-4-6-10(12)13-9/h4-8H,1-3H3. The van der Waals surface area contributed by atoms with Crippen LogP contribution in [0.3, 0.4) is 0 Å². The van der Waals surface area contributed by atoms with Crippen LogP contribution in [0.2, 0.25) is 5.15 Å². The van der Waals surface area contributed by atoms with E-state index in [4.69, 9.17) is 16.3 Å². The summed E-state index contributed by atoms with van der Waals surface area (Å²) in [5.41, 5.74) is 0.245. The molecule has 0 saturated carbocycles. The first-order valence-electron chi connectivity index (χ1n) is 4.84. The van der Waals surface area contributed by atoms with Crippen LogP contribution in [0.1, 0.15) is 31.3 Å². The molecule has 1 rings (SSSR count). The Hall–Kier alpha value is -1.09.